The number of carbonyl (C=O) groups is 2. The topological polar surface area (TPSA) is 79.6 Å². The highest BCUT2D eigenvalue weighted by atomic mass is 16.2. The first kappa shape index (κ1) is 20.1. The lowest BCUT2D eigenvalue weighted by Gasteiger charge is -2.16. The largest absolute Gasteiger partial charge is 0.352 e. The van der Waals surface area contributed by atoms with Crippen LogP contribution in [0.2, 0.25) is 0 Å². The second kappa shape index (κ2) is 8.26. The number of nitrogens with zero attached hydrogens (tertiary/aromatic N) is 4. The minimum atomic E-state index is -0.00630. The Balaban J connectivity index is 1.37. The van der Waals surface area contributed by atoms with E-state index in [2.05, 4.69) is 15.4 Å². The van der Waals surface area contributed by atoms with E-state index in [0.29, 0.717) is 25.8 Å². The van der Waals surface area contributed by atoms with E-state index in [9.17, 15) is 9.59 Å². The molecule has 1 N–H and O–H groups in total. The zero-order valence-corrected chi connectivity index (χ0v) is 17.7. The Morgan fingerprint density at radius 2 is 2.03 bits per heavy atom. The van der Waals surface area contributed by atoms with Gasteiger partial charge in [-0.05, 0) is 56.9 Å². The van der Waals surface area contributed by atoms with Gasteiger partial charge in [-0.25, -0.2) is 9.50 Å². The fraction of sp³-hybridized carbons (Fsp3) is 0.391. The van der Waals surface area contributed by atoms with Gasteiger partial charge < -0.3 is 10.2 Å². The Bertz CT molecular complexity index is 1120. The molecule has 0 atom stereocenters. The fourth-order valence-electron chi connectivity index (χ4n) is 4.09. The summed E-state index contributed by atoms with van der Waals surface area (Å²) >= 11 is 0. The van der Waals surface area contributed by atoms with Crippen LogP contribution in [0.1, 0.15) is 47.5 Å². The molecule has 0 unspecified atom stereocenters. The zero-order valence-electron chi connectivity index (χ0n) is 17.7. The summed E-state index contributed by atoms with van der Waals surface area (Å²) in [5.41, 5.74) is 6.70. The van der Waals surface area contributed by atoms with Crippen molar-refractivity contribution in [1.29, 1.82) is 0 Å². The smallest absolute Gasteiger partial charge is 0.227 e. The van der Waals surface area contributed by atoms with Gasteiger partial charge in [0, 0.05) is 49.1 Å². The zero-order chi connectivity index (χ0) is 21.3. The van der Waals surface area contributed by atoms with Crippen LogP contribution in [0.25, 0.3) is 5.65 Å². The fourth-order valence-corrected chi connectivity index (χ4v) is 4.09. The summed E-state index contributed by atoms with van der Waals surface area (Å²) in [6.45, 7) is 7.16. The molecule has 7 nitrogen and oxygen atoms in total. The highest BCUT2D eigenvalue weighted by Crippen LogP contribution is 2.22. The number of fused-ring (bicyclic) bond motifs is 1. The Morgan fingerprint density at radius 1 is 1.20 bits per heavy atom. The van der Waals surface area contributed by atoms with Crippen LogP contribution in [0.15, 0.2) is 30.3 Å². The van der Waals surface area contributed by atoms with Crippen molar-refractivity contribution in [2.75, 3.05) is 11.4 Å². The Kier molecular flexibility index (Phi) is 5.53. The molecule has 0 spiro atoms. The van der Waals surface area contributed by atoms with Crippen LogP contribution in [0.5, 0.6) is 0 Å². The van der Waals surface area contributed by atoms with Crippen molar-refractivity contribution in [2.24, 2.45) is 0 Å². The summed E-state index contributed by atoms with van der Waals surface area (Å²) in [5.74, 6) is 0.160. The second-order valence-electron chi connectivity index (χ2n) is 7.91. The third-order valence-corrected chi connectivity index (χ3v) is 5.67. The van der Waals surface area contributed by atoms with Gasteiger partial charge in [-0.1, -0.05) is 12.1 Å². The van der Waals surface area contributed by atoms with Crippen LogP contribution in [0, 0.1) is 20.8 Å². The van der Waals surface area contributed by atoms with Crippen molar-refractivity contribution in [3.8, 4) is 0 Å². The van der Waals surface area contributed by atoms with Gasteiger partial charge in [-0.3, -0.25) is 9.59 Å². The van der Waals surface area contributed by atoms with Crippen LogP contribution in [-0.4, -0.2) is 33.0 Å². The molecule has 1 saturated heterocycles. The maximum Gasteiger partial charge on any atom is 0.227 e. The van der Waals surface area contributed by atoms with Gasteiger partial charge in [0.05, 0.1) is 5.69 Å². The first-order chi connectivity index (χ1) is 14.4. The molecule has 30 heavy (non-hydrogen) atoms. The predicted molar refractivity (Wildman–Crippen MR) is 115 cm³/mol. The molecule has 3 aromatic rings. The molecule has 0 aliphatic carbocycles. The summed E-state index contributed by atoms with van der Waals surface area (Å²) in [6, 6.07) is 9.79. The number of aryl methyl sites for hydroxylation is 3. The molecule has 4 rings (SSSR count). The van der Waals surface area contributed by atoms with E-state index in [1.165, 1.54) is 0 Å². The van der Waals surface area contributed by atoms with Gasteiger partial charge in [0.25, 0.3) is 0 Å². The van der Waals surface area contributed by atoms with Crippen LogP contribution in [-0.2, 0) is 22.6 Å². The van der Waals surface area contributed by atoms with Gasteiger partial charge in [-0.15, -0.1) is 0 Å². The van der Waals surface area contributed by atoms with Gasteiger partial charge in [0.15, 0.2) is 5.65 Å². The molecular formula is C23H27N5O2. The highest BCUT2D eigenvalue weighted by molar-refractivity contribution is 5.95. The monoisotopic (exact) mass is 405 g/mol. The number of hydrogen-bond donors (Lipinski definition) is 1. The van der Waals surface area contributed by atoms with E-state index in [1.54, 1.807) is 0 Å². The number of rotatable bonds is 6. The van der Waals surface area contributed by atoms with E-state index in [0.717, 1.165) is 52.5 Å². The number of amides is 2. The van der Waals surface area contributed by atoms with Crippen LogP contribution < -0.4 is 10.2 Å². The van der Waals surface area contributed by atoms with Gasteiger partial charge >= 0.3 is 0 Å². The molecule has 1 aromatic carbocycles. The Morgan fingerprint density at radius 3 is 2.80 bits per heavy atom. The van der Waals surface area contributed by atoms with Crippen molar-refractivity contribution in [1.82, 2.24) is 19.9 Å². The number of benzene rings is 1. The first-order valence-electron chi connectivity index (χ1n) is 10.4. The van der Waals surface area contributed by atoms with E-state index in [-0.39, 0.29) is 11.8 Å². The normalized spacial score (nSPS) is 14.0. The van der Waals surface area contributed by atoms with Gasteiger partial charge in [-0.2, -0.15) is 5.10 Å². The van der Waals surface area contributed by atoms with Gasteiger partial charge in [0.2, 0.25) is 11.8 Å². The number of aromatic nitrogens is 3. The average molecular weight is 406 g/mol. The molecule has 1 aliphatic rings. The van der Waals surface area contributed by atoms with Crippen LogP contribution in [0.4, 0.5) is 5.69 Å². The second-order valence-corrected chi connectivity index (χ2v) is 7.91. The summed E-state index contributed by atoms with van der Waals surface area (Å²) < 4.78 is 1.85. The quantitative estimate of drug-likeness (QED) is 0.684. The lowest BCUT2D eigenvalue weighted by atomic mass is 10.1. The molecular weight excluding hydrogens is 378 g/mol. The van der Waals surface area contributed by atoms with Crippen molar-refractivity contribution in [2.45, 2.75) is 53.0 Å². The van der Waals surface area contributed by atoms with Gasteiger partial charge in [0.1, 0.15) is 0 Å². The van der Waals surface area contributed by atoms with E-state index < -0.39 is 0 Å². The number of hydrogen-bond acceptors (Lipinski definition) is 4. The summed E-state index contributed by atoms with van der Waals surface area (Å²) in [4.78, 5) is 30.8. The number of carbonyl (C=O) groups excluding carboxylic acids is 2. The number of anilines is 1. The minimum Gasteiger partial charge on any atom is -0.352 e. The standard InChI is InChI=1S/C23H27N5O2/c1-15-12-21-25-16(2)20(17(3)28(21)26-15)9-10-22(29)24-14-18-6-4-7-19(13-18)27-11-5-8-23(27)30/h4,6-7,12-13H,5,8-11,14H2,1-3H3,(H,24,29). The molecule has 0 saturated carbocycles. The lowest BCUT2D eigenvalue weighted by molar-refractivity contribution is -0.121. The minimum absolute atomic E-state index is 0.00630. The van der Waals surface area contributed by atoms with E-state index in [1.807, 2.05) is 60.5 Å². The molecule has 7 heteroatoms. The van der Waals surface area contributed by atoms with E-state index in [4.69, 9.17) is 0 Å². The molecule has 0 bridgehead atoms. The number of nitrogens with one attached hydrogen (secondary N) is 1. The average Bonchev–Trinajstić information content (AvgIpc) is 3.31. The lowest BCUT2D eigenvalue weighted by Crippen LogP contribution is -2.25. The molecule has 2 aromatic heterocycles. The maximum atomic E-state index is 12.5. The van der Waals surface area contributed by atoms with Crippen molar-refractivity contribution >= 4 is 23.1 Å². The third kappa shape index (κ3) is 4.06. The maximum absolute atomic E-state index is 12.5. The third-order valence-electron chi connectivity index (χ3n) is 5.67. The first-order valence-corrected chi connectivity index (χ1v) is 10.4. The molecule has 1 aliphatic heterocycles. The summed E-state index contributed by atoms with van der Waals surface area (Å²) in [5, 5.41) is 7.48. The molecule has 0 radical (unpaired) electrons. The molecule has 3 heterocycles. The molecule has 156 valence electrons. The van der Waals surface area contributed by atoms with Crippen molar-refractivity contribution in [3.05, 3.63) is 58.5 Å². The highest BCUT2D eigenvalue weighted by Gasteiger charge is 2.21. The van der Waals surface area contributed by atoms with Crippen molar-refractivity contribution in [3.63, 3.8) is 0 Å². The molecule has 2 amide bonds. The van der Waals surface area contributed by atoms with Crippen molar-refractivity contribution < 1.29 is 9.59 Å². The Hall–Kier alpha value is -3.22. The Labute approximate surface area is 176 Å². The van der Waals surface area contributed by atoms with E-state index >= 15 is 0 Å². The van der Waals surface area contributed by atoms with Crippen LogP contribution in [0.3, 0.4) is 0 Å². The molecule has 1 fully saturated rings. The summed E-state index contributed by atoms with van der Waals surface area (Å²) in [7, 11) is 0. The van der Waals surface area contributed by atoms with Crippen LogP contribution >= 0.6 is 0 Å². The SMILES string of the molecule is Cc1cc2nc(C)c(CCC(=O)NCc3cccc(N4CCCC4=O)c3)c(C)n2n1. The predicted octanol–water partition coefficient (Wildman–Crippen LogP) is 3.03. The summed E-state index contributed by atoms with van der Waals surface area (Å²) in [6.07, 6.45) is 2.52.